The molecule has 2 nitrogen and oxygen atoms in total. The summed E-state index contributed by atoms with van der Waals surface area (Å²) in [4.78, 5) is 4.13. The first-order valence-corrected chi connectivity index (χ1v) is 5.95. The molecule has 4 heteroatoms. The third kappa shape index (κ3) is 3.46. The lowest BCUT2D eigenvalue weighted by atomic mass is 10.2. The third-order valence-electron chi connectivity index (χ3n) is 1.60. The number of rotatable bonds is 2. The summed E-state index contributed by atoms with van der Waals surface area (Å²) >= 11 is 9.16. The SMILES string of the molecule is CC.COc1cc(CBr)c(C)nc1Cl. The fourth-order valence-corrected chi connectivity index (χ4v) is 1.70. The summed E-state index contributed by atoms with van der Waals surface area (Å²) in [6, 6.07) is 1.89. The van der Waals surface area contributed by atoms with E-state index in [0.717, 1.165) is 16.6 Å². The molecule has 0 aliphatic rings. The minimum atomic E-state index is 0.416. The molecule has 0 aliphatic carbocycles. The van der Waals surface area contributed by atoms with Crippen molar-refractivity contribution in [1.29, 1.82) is 0 Å². The second-order valence-electron chi connectivity index (χ2n) is 2.36. The van der Waals surface area contributed by atoms with E-state index >= 15 is 0 Å². The molecule has 14 heavy (non-hydrogen) atoms. The van der Waals surface area contributed by atoms with Gasteiger partial charge in [0, 0.05) is 11.0 Å². The van der Waals surface area contributed by atoms with E-state index in [4.69, 9.17) is 16.3 Å². The predicted octanol–water partition coefficient (Wildman–Crippen LogP) is 3.97. The van der Waals surface area contributed by atoms with E-state index in [1.54, 1.807) is 7.11 Å². The van der Waals surface area contributed by atoms with Crippen LogP contribution in [-0.4, -0.2) is 12.1 Å². The molecule has 1 rings (SSSR count). The van der Waals surface area contributed by atoms with E-state index in [0.29, 0.717) is 10.9 Å². The van der Waals surface area contributed by atoms with E-state index < -0.39 is 0 Å². The summed E-state index contributed by atoms with van der Waals surface area (Å²) < 4.78 is 5.03. The highest BCUT2D eigenvalue weighted by molar-refractivity contribution is 9.08. The van der Waals surface area contributed by atoms with Crippen molar-refractivity contribution < 1.29 is 4.74 Å². The summed E-state index contributed by atoms with van der Waals surface area (Å²) in [6.45, 7) is 5.92. The number of hydrogen-bond acceptors (Lipinski definition) is 2. The van der Waals surface area contributed by atoms with E-state index in [1.165, 1.54) is 0 Å². The number of halogens is 2. The number of pyridine rings is 1. The van der Waals surface area contributed by atoms with Crippen molar-refractivity contribution in [2.45, 2.75) is 26.1 Å². The van der Waals surface area contributed by atoms with Gasteiger partial charge in [-0.1, -0.05) is 41.4 Å². The van der Waals surface area contributed by atoms with E-state index in [9.17, 15) is 0 Å². The zero-order valence-electron chi connectivity index (χ0n) is 8.90. The molecular formula is C10H15BrClNO. The Labute approximate surface area is 98.8 Å². The molecule has 0 amide bonds. The Morgan fingerprint density at radius 1 is 1.50 bits per heavy atom. The first-order chi connectivity index (χ1) is 6.69. The maximum Gasteiger partial charge on any atom is 0.171 e. The molecule has 1 heterocycles. The monoisotopic (exact) mass is 279 g/mol. The van der Waals surface area contributed by atoms with Crippen LogP contribution in [0.4, 0.5) is 0 Å². The van der Waals surface area contributed by atoms with Gasteiger partial charge in [0.15, 0.2) is 10.9 Å². The van der Waals surface area contributed by atoms with Gasteiger partial charge in [-0.15, -0.1) is 0 Å². The summed E-state index contributed by atoms with van der Waals surface area (Å²) in [5, 5.41) is 1.18. The number of hydrogen-bond donors (Lipinski definition) is 0. The van der Waals surface area contributed by atoms with Gasteiger partial charge in [-0.05, 0) is 18.6 Å². The number of aromatic nitrogens is 1. The third-order valence-corrected chi connectivity index (χ3v) is 2.48. The van der Waals surface area contributed by atoms with Crippen molar-refractivity contribution in [3.63, 3.8) is 0 Å². The molecule has 0 unspecified atom stereocenters. The number of methoxy groups -OCH3 is 1. The van der Waals surface area contributed by atoms with Crippen molar-refractivity contribution in [3.8, 4) is 5.75 Å². The van der Waals surface area contributed by atoms with E-state index in [2.05, 4.69) is 20.9 Å². The standard InChI is InChI=1S/C8H9BrClNO.C2H6/c1-5-6(4-9)3-7(12-2)8(10)11-5;1-2/h3H,4H2,1-2H3;1-2H3. The summed E-state index contributed by atoms with van der Waals surface area (Å²) in [7, 11) is 1.58. The smallest absolute Gasteiger partial charge is 0.171 e. The molecule has 1 aromatic heterocycles. The van der Waals surface area contributed by atoms with Crippen molar-refractivity contribution in [3.05, 3.63) is 22.5 Å². The average molecular weight is 281 g/mol. The van der Waals surface area contributed by atoms with Gasteiger partial charge >= 0.3 is 0 Å². The van der Waals surface area contributed by atoms with Crippen LogP contribution in [0.2, 0.25) is 5.15 Å². The summed E-state index contributed by atoms with van der Waals surface area (Å²) in [6.07, 6.45) is 0. The quantitative estimate of drug-likeness (QED) is 0.604. The first kappa shape index (κ1) is 13.7. The molecular weight excluding hydrogens is 265 g/mol. The van der Waals surface area contributed by atoms with Crippen LogP contribution in [0.3, 0.4) is 0 Å². The predicted molar refractivity (Wildman–Crippen MR) is 64.5 cm³/mol. The first-order valence-electron chi connectivity index (χ1n) is 4.45. The summed E-state index contributed by atoms with van der Waals surface area (Å²) in [5.74, 6) is 0.622. The van der Waals surface area contributed by atoms with Gasteiger partial charge in [0.05, 0.1) is 7.11 Å². The van der Waals surface area contributed by atoms with Crippen LogP contribution in [0.25, 0.3) is 0 Å². The highest BCUT2D eigenvalue weighted by Crippen LogP contribution is 2.25. The molecule has 0 spiro atoms. The molecule has 0 N–H and O–H groups in total. The Bertz CT molecular complexity index is 266. The second kappa shape index (κ2) is 7.07. The second-order valence-corrected chi connectivity index (χ2v) is 3.28. The van der Waals surface area contributed by atoms with Gasteiger partial charge in [0.25, 0.3) is 0 Å². The van der Waals surface area contributed by atoms with Crippen molar-refractivity contribution in [2.24, 2.45) is 0 Å². The van der Waals surface area contributed by atoms with Crippen molar-refractivity contribution in [2.75, 3.05) is 7.11 Å². The Morgan fingerprint density at radius 2 is 2.07 bits per heavy atom. The number of ether oxygens (including phenoxy) is 1. The Kier molecular flexibility index (Phi) is 6.93. The topological polar surface area (TPSA) is 22.1 Å². The molecule has 0 aliphatic heterocycles. The lowest BCUT2D eigenvalue weighted by molar-refractivity contribution is 0.412. The molecule has 0 saturated carbocycles. The van der Waals surface area contributed by atoms with Crippen LogP contribution in [0.15, 0.2) is 6.07 Å². The highest BCUT2D eigenvalue weighted by Gasteiger charge is 2.06. The van der Waals surface area contributed by atoms with Gasteiger partial charge < -0.3 is 4.74 Å². The minimum Gasteiger partial charge on any atom is -0.494 e. The van der Waals surface area contributed by atoms with Crippen LogP contribution in [0.5, 0.6) is 5.75 Å². The zero-order chi connectivity index (χ0) is 11.1. The minimum absolute atomic E-state index is 0.416. The van der Waals surface area contributed by atoms with Gasteiger partial charge in [0.2, 0.25) is 0 Å². The van der Waals surface area contributed by atoms with Crippen molar-refractivity contribution >= 4 is 27.5 Å². The molecule has 0 fully saturated rings. The zero-order valence-corrected chi connectivity index (χ0v) is 11.2. The molecule has 1 aromatic rings. The number of alkyl halides is 1. The molecule has 0 bridgehead atoms. The molecule has 0 atom stereocenters. The van der Waals surface area contributed by atoms with Crippen LogP contribution >= 0.6 is 27.5 Å². The Balaban J connectivity index is 0.000000791. The molecule has 0 aromatic carbocycles. The molecule has 0 radical (unpaired) electrons. The van der Waals surface area contributed by atoms with Gasteiger partial charge in [-0.2, -0.15) is 0 Å². The largest absolute Gasteiger partial charge is 0.494 e. The average Bonchev–Trinajstić information content (AvgIpc) is 2.21. The number of nitrogens with zero attached hydrogens (tertiary/aromatic N) is 1. The van der Waals surface area contributed by atoms with Crippen molar-refractivity contribution in [1.82, 2.24) is 4.98 Å². The van der Waals surface area contributed by atoms with E-state index in [-0.39, 0.29) is 0 Å². The Hall–Kier alpha value is -0.280. The number of aryl methyl sites for hydroxylation is 1. The van der Waals surface area contributed by atoms with Crippen LogP contribution in [0, 0.1) is 6.92 Å². The van der Waals surface area contributed by atoms with E-state index in [1.807, 2.05) is 26.8 Å². The lowest BCUT2D eigenvalue weighted by Crippen LogP contribution is -1.94. The summed E-state index contributed by atoms with van der Waals surface area (Å²) in [5.41, 5.74) is 2.02. The van der Waals surface area contributed by atoms with Crippen LogP contribution in [0.1, 0.15) is 25.1 Å². The normalized spacial score (nSPS) is 9.00. The van der Waals surface area contributed by atoms with Gasteiger partial charge in [0.1, 0.15) is 0 Å². The van der Waals surface area contributed by atoms with Gasteiger partial charge in [-0.3, -0.25) is 0 Å². The highest BCUT2D eigenvalue weighted by atomic mass is 79.9. The Morgan fingerprint density at radius 3 is 2.50 bits per heavy atom. The molecule has 80 valence electrons. The maximum absolute atomic E-state index is 5.81. The van der Waals surface area contributed by atoms with Gasteiger partial charge in [-0.25, -0.2) is 4.98 Å². The molecule has 0 saturated heterocycles. The van der Waals surface area contributed by atoms with Crippen LogP contribution in [-0.2, 0) is 5.33 Å². The fourth-order valence-electron chi connectivity index (χ4n) is 0.875. The lowest BCUT2D eigenvalue weighted by Gasteiger charge is -2.06. The van der Waals surface area contributed by atoms with Crippen LogP contribution < -0.4 is 4.74 Å². The maximum atomic E-state index is 5.81. The fraction of sp³-hybridized carbons (Fsp3) is 0.500.